The first kappa shape index (κ1) is 20.0. The molecule has 0 bridgehead atoms. The van der Waals surface area contributed by atoms with Gasteiger partial charge in [-0.3, -0.25) is 10.1 Å². The number of nitro benzene ring substituents is 1. The molecule has 0 aliphatic rings. The molecule has 0 saturated heterocycles. The van der Waals surface area contributed by atoms with Crippen molar-refractivity contribution >= 4 is 23.5 Å². The Morgan fingerprint density at radius 1 is 1.03 bits per heavy atom. The third-order valence-corrected chi connectivity index (χ3v) is 4.42. The van der Waals surface area contributed by atoms with E-state index in [0.717, 1.165) is 12.0 Å². The summed E-state index contributed by atoms with van der Waals surface area (Å²) in [6.45, 7) is 4.62. The molecule has 1 aromatic heterocycles. The number of nitrogen functional groups attached to an aromatic ring is 1. The van der Waals surface area contributed by atoms with Crippen LogP contribution in [0.2, 0.25) is 0 Å². The lowest BCUT2D eigenvalue weighted by Crippen LogP contribution is -2.14. The number of non-ortho nitro benzene ring substituents is 1. The number of aromatic nitrogens is 3. The topological polar surface area (TPSA) is 132 Å². The van der Waals surface area contributed by atoms with Gasteiger partial charge in [-0.1, -0.05) is 42.0 Å². The Balaban J connectivity index is 1.61. The van der Waals surface area contributed by atoms with Gasteiger partial charge in [-0.25, -0.2) is 0 Å². The summed E-state index contributed by atoms with van der Waals surface area (Å²) in [5.74, 6) is 0.834. The normalized spacial score (nSPS) is 11.7. The van der Waals surface area contributed by atoms with E-state index in [1.54, 1.807) is 12.1 Å². The van der Waals surface area contributed by atoms with Gasteiger partial charge in [-0.15, -0.1) is 0 Å². The average molecular weight is 393 g/mol. The Labute approximate surface area is 168 Å². The molecule has 0 amide bonds. The minimum atomic E-state index is -0.427. The average Bonchev–Trinajstić information content (AvgIpc) is 2.69. The summed E-state index contributed by atoms with van der Waals surface area (Å²) in [6, 6.07) is 14.5. The third kappa shape index (κ3) is 5.61. The number of rotatable bonds is 8. The molecule has 3 rings (SSSR count). The van der Waals surface area contributed by atoms with Gasteiger partial charge in [-0.05, 0) is 31.4 Å². The largest absolute Gasteiger partial charge is 0.368 e. The number of nitrogens with one attached hydrogen (secondary N) is 2. The lowest BCUT2D eigenvalue weighted by atomic mass is 10.1. The van der Waals surface area contributed by atoms with Crippen LogP contribution in [-0.4, -0.2) is 26.4 Å². The fourth-order valence-electron chi connectivity index (χ4n) is 2.77. The van der Waals surface area contributed by atoms with Crippen LogP contribution in [0.3, 0.4) is 0 Å². The first-order valence-corrected chi connectivity index (χ1v) is 9.22. The van der Waals surface area contributed by atoms with Gasteiger partial charge < -0.3 is 16.4 Å². The Morgan fingerprint density at radius 2 is 1.69 bits per heavy atom. The first-order valence-electron chi connectivity index (χ1n) is 9.22. The molecule has 0 saturated carbocycles. The van der Waals surface area contributed by atoms with Crippen LogP contribution in [-0.2, 0) is 6.42 Å². The SMILES string of the molecule is Cc1ccc(CCNc2nc(N)nc(N[C@@H](C)c3ccc([N+](=O)[O-])cc3)n2)cc1. The fourth-order valence-corrected chi connectivity index (χ4v) is 2.77. The number of nitro groups is 1. The van der Waals surface area contributed by atoms with E-state index in [4.69, 9.17) is 5.73 Å². The van der Waals surface area contributed by atoms with E-state index in [1.807, 2.05) is 6.92 Å². The Bertz CT molecular complexity index is 975. The van der Waals surface area contributed by atoms with Gasteiger partial charge >= 0.3 is 0 Å². The molecule has 1 heterocycles. The highest BCUT2D eigenvalue weighted by Gasteiger charge is 2.12. The highest BCUT2D eigenvalue weighted by molar-refractivity contribution is 5.43. The van der Waals surface area contributed by atoms with Crippen LogP contribution in [0, 0.1) is 17.0 Å². The molecule has 2 aromatic carbocycles. The second kappa shape index (κ2) is 8.96. The molecule has 4 N–H and O–H groups in total. The highest BCUT2D eigenvalue weighted by Crippen LogP contribution is 2.21. The Kier molecular flexibility index (Phi) is 6.18. The third-order valence-electron chi connectivity index (χ3n) is 4.42. The lowest BCUT2D eigenvalue weighted by Gasteiger charge is -2.15. The molecular formula is C20H23N7O2. The molecular weight excluding hydrogens is 370 g/mol. The maximum absolute atomic E-state index is 10.8. The number of nitrogens with two attached hydrogens (primary N) is 1. The van der Waals surface area contributed by atoms with Crippen LogP contribution in [0.25, 0.3) is 0 Å². The molecule has 9 nitrogen and oxygen atoms in total. The second-order valence-corrected chi connectivity index (χ2v) is 6.72. The van der Waals surface area contributed by atoms with Gasteiger partial charge in [-0.2, -0.15) is 15.0 Å². The number of nitrogens with zero attached hydrogens (tertiary/aromatic N) is 4. The van der Waals surface area contributed by atoms with E-state index in [9.17, 15) is 10.1 Å². The van der Waals surface area contributed by atoms with Crippen LogP contribution in [0.15, 0.2) is 48.5 Å². The van der Waals surface area contributed by atoms with E-state index < -0.39 is 4.92 Å². The Morgan fingerprint density at radius 3 is 2.34 bits per heavy atom. The second-order valence-electron chi connectivity index (χ2n) is 6.72. The van der Waals surface area contributed by atoms with Crippen LogP contribution in [0.4, 0.5) is 23.5 Å². The molecule has 0 fully saturated rings. The van der Waals surface area contributed by atoms with Gasteiger partial charge in [0.05, 0.1) is 11.0 Å². The van der Waals surface area contributed by atoms with Crippen molar-refractivity contribution in [3.8, 4) is 0 Å². The number of anilines is 3. The number of benzene rings is 2. The lowest BCUT2D eigenvalue weighted by molar-refractivity contribution is -0.384. The quantitative estimate of drug-likeness (QED) is 0.391. The summed E-state index contributed by atoms with van der Waals surface area (Å²) in [5.41, 5.74) is 9.16. The van der Waals surface area contributed by atoms with Gasteiger partial charge in [0.25, 0.3) is 5.69 Å². The highest BCUT2D eigenvalue weighted by atomic mass is 16.6. The predicted octanol–water partition coefficient (Wildman–Crippen LogP) is 3.50. The van der Waals surface area contributed by atoms with Crippen molar-refractivity contribution in [3.05, 3.63) is 75.3 Å². The van der Waals surface area contributed by atoms with E-state index in [-0.39, 0.29) is 17.7 Å². The molecule has 0 aliphatic carbocycles. The van der Waals surface area contributed by atoms with Crippen LogP contribution >= 0.6 is 0 Å². The first-order chi connectivity index (χ1) is 13.9. The summed E-state index contributed by atoms with van der Waals surface area (Å²) in [6.07, 6.45) is 0.827. The molecule has 0 radical (unpaired) electrons. The minimum absolute atomic E-state index is 0.0467. The molecule has 0 aliphatic heterocycles. The van der Waals surface area contributed by atoms with Crippen molar-refractivity contribution in [2.75, 3.05) is 22.9 Å². The van der Waals surface area contributed by atoms with Crippen molar-refractivity contribution in [2.24, 2.45) is 0 Å². The van der Waals surface area contributed by atoms with E-state index in [1.165, 1.54) is 23.3 Å². The predicted molar refractivity (Wildman–Crippen MR) is 113 cm³/mol. The van der Waals surface area contributed by atoms with E-state index >= 15 is 0 Å². The maximum Gasteiger partial charge on any atom is 0.269 e. The molecule has 150 valence electrons. The van der Waals surface area contributed by atoms with Crippen LogP contribution < -0.4 is 16.4 Å². The molecule has 29 heavy (non-hydrogen) atoms. The standard InChI is InChI=1S/C20H23N7O2/c1-13-3-5-15(6-4-13)11-12-22-19-24-18(21)25-20(26-19)23-14(2)16-7-9-17(10-8-16)27(28)29/h3-10,14H,11-12H2,1-2H3,(H4,21,22,23,24,25,26)/t14-/m0/s1. The van der Waals surface area contributed by atoms with Gasteiger partial charge in [0.1, 0.15) is 0 Å². The number of hydrogen-bond donors (Lipinski definition) is 3. The van der Waals surface area contributed by atoms with Gasteiger partial charge in [0, 0.05) is 18.7 Å². The van der Waals surface area contributed by atoms with Gasteiger partial charge in [0.15, 0.2) is 0 Å². The summed E-state index contributed by atoms with van der Waals surface area (Å²) >= 11 is 0. The number of hydrogen-bond acceptors (Lipinski definition) is 8. The van der Waals surface area contributed by atoms with Crippen LogP contribution in [0.5, 0.6) is 0 Å². The van der Waals surface area contributed by atoms with E-state index in [0.29, 0.717) is 18.4 Å². The summed E-state index contributed by atoms with van der Waals surface area (Å²) in [7, 11) is 0. The zero-order valence-electron chi connectivity index (χ0n) is 16.3. The van der Waals surface area contributed by atoms with Crippen molar-refractivity contribution < 1.29 is 4.92 Å². The number of aryl methyl sites for hydroxylation is 1. The smallest absolute Gasteiger partial charge is 0.269 e. The maximum atomic E-state index is 10.8. The summed E-state index contributed by atoms with van der Waals surface area (Å²) < 4.78 is 0. The molecule has 9 heteroatoms. The zero-order valence-corrected chi connectivity index (χ0v) is 16.3. The van der Waals surface area contributed by atoms with Crippen molar-refractivity contribution in [2.45, 2.75) is 26.3 Å². The van der Waals surface area contributed by atoms with E-state index in [2.05, 4.69) is 56.8 Å². The van der Waals surface area contributed by atoms with Gasteiger partial charge in [0.2, 0.25) is 17.8 Å². The monoisotopic (exact) mass is 393 g/mol. The van der Waals surface area contributed by atoms with Crippen molar-refractivity contribution in [1.29, 1.82) is 0 Å². The Hall–Kier alpha value is -3.75. The van der Waals surface area contributed by atoms with Crippen LogP contribution in [0.1, 0.15) is 29.7 Å². The zero-order chi connectivity index (χ0) is 20.8. The summed E-state index contributed by atoms with van der Waals surface area (Å²) in [5, 5.41) is 17.1. The molecule has 0 spiro atoms. The van der Waals surface area contributed by atoms with Crippen molar-refractivity contribution in [3.63, 3.8) is 0 Å². The molecule has 0 unspecified atom stereocenters. The van der Waals surface area contributed by atoms with Crippen molar-refractivity contribution in [1.82, 2.24) is 15.0 Å². The summed E-state index contributed by atoms with van der Waals surface area (Å²) in [4.78, 5) is 22.9. The molecule has 3 aromatic rings. The molecule has 1 atom stereocenters. The minimum Gasteiger partial charge on any atom is -0.368 e. The fraction of sp³-hybridized carbons (Fsp3) is 0.250.